The van der Waals surface area contributed by atoms with Crippen LogP contribution in [-0.4, -0.2) is 55.6 Å². The largest absolute Gasteiger partial charge is 0.389 e. The molecule has 2 rings (SSSR count). The highest BCUT2D eigenvalue weighted by atomic mass is 19.4. The fourth-order valence-corrected chi connectivity index (χ4v) is 3.56. The van der Waals surface area contributed by atoms with Crippen LogP contribution in [0.5, 0.6) is 0 Å². The van der Waals surface area contributed by atoms with Crippen LogP contribution < -0.4 is 10.6 Å². The number of likely N-dealkylation sites (tertiary alicyclic amines) is 1. The normalized spacial score (nSPS) is 15.9. The van der Waals surface area contributed by atoms with Crippen LogP contribution in [0.4, 0.5) is 13.2 Å². The lowest BCUT2D eigenvalue weighted by Crippen LogP contribution is -2.42. The van der Waals surface area contributed by atoms with E-state index in [2.05, 4.69) is 15.5 Å². The molecular formula is C21H30F3N3O2. The fraction of sp³-hybridized carbons (Fsp3) is 0.619. The van der Waals surface area contributed by atoms with Crippen molar-refractivity contribution >= 4 is 11.8 Å². The average Bonchev–Trinajstić information content (AvgIpc) is 2.64. The Kier molecular flexibility index (Phi) is 8.49. The standard InChI is InChI=1S/C21H30F3N3O2/c1-15-11-16(2)13-18(12-15)20(29)26-14-17-4-8-27(9-5-17)10-7-25-19(28)3-6-21(22,23)24/h11-13,17H,3-10,14H2,1-2H3,(H,25,28)(H,26,29). The lowest BCUT2D eigenvalue weighted by atomic mass is 9.96. The van der Waals surface area contributed by atoms with E-state index >= 15 is 0 Å². The average molecular weight is 413 g/mol. The van der Waals surface area contributed by atoms with E-state index in [0.717, 1.165) is 37.1 Å². The Labute approximate surface area is 170 Å². The molecule has 8 heteroatoms. The molecule has 1 saturated heterocycles. The maximum atomic E-state index is 12.3. The number of rotatable bonds is 8. The van der Waals surface area contributed by atoms with Gasteiger partial charge in [0.05, 0.1) is 6.42 Å². The first kappa shape index (κ1) is 23.2. The Balaban J connectivity index is 1.61. The van der Waals surface area contributed by atoms with Gasteiger partial charge in [0.2, 0.25) is 5.91 Å². The number of aryl methyl sites for hydroxylation is 2. The molecule has 0 radical (unpaired) electrons. The van der Waals surface area contributed by atoms with E-state index in [1.165, 1.54) is 0 Å². The molecule has 0 unspecified atom stereocenters. The number of carbonyl (C=O) groups excluding carboxylic acids is 2. The van der Waals surface area contributed by atoms with Crippen LogP contribution in [0.3, 0.4) is 0 Å². The number of piperidine rings is 1. The summed E-state index contributed by atoms with van der Waals surface area (Å²) >= 11 is 0. The minimum atomic E-state index is -4.30. The third-order valence-corrected chi connectivity index (χ3v) is 5.13. The van der Waals surface area contributed by atoms with Crippen LogP contribution in [0.15, 0.2) is 18.2 Å². The summed E-state index contributed by atoms with van der Waals surface area (Å²) in [6.07, 6.45) is -4.03. The maximum Gasteiger partial charge on any atom is 0.389 e. The number of benzene rings is 1. The molecular weight excluding hydrogens is 383 g/mol. The summed E-state index contributed by atoms with van der Waals surface area (Å²) in [6, 6.07) is 5.80. The van der Waals surface area contributed by atoms with Gasteiger partial charge >= 0.3 is 6.18 Å². The number of alkyl halides is 3. The van der Waals surface area contributed by atoms with Crippen molar-refractivity contribution in [2.75, 3.05) is 32.7 Å². The topological polar surface area (TPSA) is 61.4 Å². The zero-order chi connectivity index (χ0) is 21.4. The number of carbonyl (C=O) groups is 2. The van der Waals surface area contributed by atoms with Gasteiger partial charge in [-0.25, -0.2) is 0 Å². The zero-order valence-electron chi connectivity index (χ0n) is 17.1. The van der Waals surface area contributed by atoms with Gasteiger partial charge < -0.3 is 15.5 Å². The minimum Gasteiger partial charge on any atom is -0.355 e. The molecule has 162 valence electrons. The molecule has 1 aliphatic heterocycles. The van der Waals surface area contributed by atoms with E-state index in [4.69, 9.17) is 0 Å². The molecule has 0 spiro atoms. The first-order valence-corrected chi connectivity index (χ1v) is 10.0. The fourth-order valence-electron chi connectivity index (χ4n) is 3.56. The molecule has 29 heavy (non-hydrogen) atoms. The summed E-state index contributed by atoms with van der Waals surface area (Å²) in [5.74, 6) is -0.213. The van der Waals surface area contributed by atoms with Crippen molar-refractivity contribution in [2.45, 2.75) is 45.7 Å². The van der Waals surface area contributed by atoms with Crippen LogP contribution in [-0.2, 0) is 4.79 Å². The molecule has 0 aromatic heterocycles. The molecule has 1 aliphatic rings. The van der Waals surface area contributed by atoms with Gasteiger partial charge in [-0.15, -0.1) is 0 Å². The third-order valence-electron chi connectivity index (χ3n) is 5.13. The highest BCUT2D eigenvalue weighted by Gasteiger charge is 2.27. The summed E-state index contributed by atoms with van der Waals surface area (Å²) in [7, 11) is 0. The van der Waals surface area contributed by atoms with Gasteiger partial charge in [-0.2, -0.15) is 13.2 Å². The van der Waals surface area contributed by atoms with Gasteiger partial charge in [-0.05, 0) is 57.8 Å². The molecule has 1 aromatic rings. The smallest absolute Gasteiger partial charge is 0.355 e. The van der Waals surface area contributed by atoms with Crippen LogP contribution in [0, 0.1) is 19.8 Å². The van der Waals surface area contributed by atoms with Crippen LogP contribution >= 0.6 is 0 Å². The molecule has 1 heterocycles. The molecule has 0 aliphatic carbocycles. The van der Waals surface area contributed by atoms with Crippen molar-refractivity contribution < 1.29 is 22.8 Å². The third kappa shape index (κ3) is 8.85. The Hall–Kier alpha value is -2.09. The summed E-state index contributed by atoms with van der Waals surface area (Å²) in [5.41, 5.74) is 2.81. The zero-order valence-corrected chi connectivity index (χ0v) is 17.1. The summed E-state index contributed by atoms with van der Waals surface area (Å²) in [5, 5.41) is 5.56. The number of hydrogen-bond acceptors (Lipinski definition) is 3. The Morgan fingerprint density at radius 2 is 1.69 bits per heavy atom. The number of halogens is 3. The minimum absolute atomic E-state index is 0.0548. The molecule has 0 bridgehead atoms. The van der Waals surface area contributed by atoms with E-state index < -0.39 is 24.9 Å². The van der Waals surface area contributed by atoms with Gasteiger partial charge in [-0.1, -0.05) is 17.2 Å². The number of hydrogen-bond donors (Lipinski definition) is 2. The van der Waals surface area contributed by atoms with Crippen molar-refractivity contribution in [3.63, 3.8) is 0 Å². The van der Waals surface area contributed by atoms with Gasteiger partial charge in [0.15, 0.2) is 0 Å². The lowest BCUT2D eigenvalue weighted by molar-refractivity contribution is -0.144. The highest BCUT2D eigenvalue weighted by Crippen LogP contribution is 2.21. The highest BCUT2D eigenvalue weighted by molar-refractivity contribution is 5.94. The predicted octanol–water partition coefficient (Wildman–Crippen LogP) is 3.20. The Morgan fingerprint density at radius 3 is 2.28 bits per heavy atom. The second-order valence-corrected chi connectivity index (χ2v) is 7.84. The summed E-state index contributed by atoms with van der Waals surface area (Å²) in [4.78, 5) is 26.0. The number of nitrogens with one attached hydrogen (secondary N) is 2. The van der Waals surface area contributed by atoms with Gasteiger partial charge in [-0.3, -0.25) is 9.59 Å². The Morgan fingerprint density at radius 1 is 1.07 bits per heavy atom. The quantitative estimate of drug-likeness (QED) is 0.688. The van der Waals surface area contributed by atoms with Crippen LogP contribution in [0.1, 0.15) is 47.2 Å². The Bertz CT molecular complexity index is 679. The van der Waals surface area contributed by atoms with Crippen LogP contribution in [0.25, 0.3) is 0 Å². The molecule has 0 saturated carbocycles. The van der Waals surface area contributed by atoms with E-state index in [-0.39, 0.29) is 5.91 Å². The first-order valence-electron chi connectivity index (χ1n) is 10.0. The second kappa shape index (κ2) is 10.6. The molecule has 2 amide bonds. The molecule has 2 N–H and O–H groups in total. The van der Waals surface area contributed by atoms with Crippen LogP contribution in [0.2, 0.25) is 0 Å². The SMILES string of the molecule is Cc1cc(C)cc(C(=O)NCC2CCN(CCNC(=O)CCC(F)(F)F)CC2)c1. The van der Waals surface area contributed by atoms with Crippen molar-refractivity contribution in [3.05, 3.63) is 34.9 Å². The van der Waals surface area contributed by atoms with Crippen molar-refractivity contribution in [3.8, 4) is 0 Å². The van der Waals surface area contributed by atoms with E-state index in [1.54, 1.807) is 0 Å². The van der Waals surface area contributed by atoms with Gasteiger partial charge in [0, 0.05) is 31.6 Å². The second-order valence-electron chi connectivity index (χ2n) is 7.84. The maximum absolute atomic E-state index is 12.3. The van der Waals surface area contributed by atoms with Crippen molar-refractivity contribution in [1.82, 2.24) is 15.5 Å². The first-order chi connectivity index (χ1) is 13.6. The molecule has 1 aromatic carbocycles. The number of nitrogens with zero attached hydrogens (tertiary/aromatic N) is 1. The molecule has 5 nitrogen and oxygen atoms in total. The summed E-state index contributed by atoms with van der Waals surface area (Å²) < 4.78 is 36.3. The summed E-state index contributed by atoms with van der Waals surface area (Å²) in [6.45, 7) is 7.25. The van der Waals surface area contributed by atoms with Gasteiger partial charge in [0.25, 0.3) is 5.91 Å². The van der Waals surface area contributed by atoms with E-state index in [9.17, 15) is 22.8 Å². The van der Waals surface area contributed by atoms with E-state index in [0.29, 0.717) is 31.1 Å². The molecule has 0 atom stereocenters. The van der Waals surface area contributed by atoms with E-state index in [1.807, 2.05) is 32.0 Å². The monoisotopic (exact) mass is 413 g/mol. The predicted molar refractivity (Wildman–Crippen MR) is 106 cm³/mol. The van der Waals surface area contributed by atoms with Gasteiger partial charge in [0.1, 0.15) is 0 Å². The lowest BCUT2D eigenvalue weighted by Gasteiger charge is -2.32. The van der Waals surface area contributed by atoms with Crippen molar-refractivity contribution in [1.29, 1.82) is 0 Å². The number of amides is 2. The van der Waals surface area contributed by atoms with Crippen molar-refractivity contribution in [2.24, 2.45) is 5.92 Å². The molecule has 1 fully saturated rings.